The van der Waals surface area contributed by atoms with Crippen LogP contribution in [0.2, 0.25) is 5.02 Å². The average molecular weight is 316 g/mol. The molecule has 0 amide bonds. The number of nitrogens with one attached hydrogen (secondary N) is 1. The summed E-state index contributed by atoms with van der Waals surface area (Å²) in [6, 6.07) is 8.17. The summed E-state index contributed by atoms with van der Waals surface area (Å²) in [5, 5.41) is 3.60. The molecular formula is C12H9BrClFN2. The van der Waals surface area contributed by atoms with E-state index < -0.39 is 0 Å². The maximum Gasteiger partial charge on any atom is 0.128 e. The van der Waals surface area contributed by atoms with E-state index in [0.29, 0.717) is 17.1 Å². The van der Waals surface area contributed by atoms with Crippen molar-refractivity contribution in [2.45, 2.75) is 6.54 Å². The number of hydrogen-bond donors (Lipinski definition) is 1. The van der Waals surface area contributed by atoms with Gasteiger partial charge in [-0.3, -0.25) is 0 Å². The Morgan fingerprint density at radius 3 is 2.82 bits per heavy atom. The minimum absolute atomic E-state index is 0.271. The minimum Gasteiger partial charge on any atom is -0.380 e. The molecule has 0 bridgehead atoms. The molecule has 0 radical (unpaired) electrons. The second kappa shape index (κ2) is 5.47. The van der Waals surface area contributed by atoms with Crippen molar-refractivity contribution >= 4 is 33.2 Å². The molecule has 1 heterocycles. The van der Waals surface area contributed by atoms with Gasteiger partial charge in [0, 0.05) is 17.1 Å². The molecule has 5 heteroatoms. The first-order valence-electron chi connectivity index (χ1n) is 4.94. The molecule has 1 aromatic carbocycles. The number of pyridine rings is 1. The van der Waals surface area contributed by atoms with Gasteiger partial charge in [0.15, 0.2) is 0 Å². The highest BCUT2D eigenvalue weighted by molar-refractivity contribution is 9.10. The molecule has 0 aliphatic carbocycles. The molecule has 0 atom stereocenters. The first kappa shape index (κ1) is 12.3. The third-order valence-electron chi connectivity index (χ3n) is 2.22. The SMILES string of the molecule is Fc1ccc(Cl)cc1CNc1ccc(Br)nc1. The van der Waals surface area contributed by atoms with Gasteiger partial charge in [-0.25, -0.2) is 9.37 Å². The Morgan fingerprint density at radius 1 is 1.29 bits per heavy atom. The fourth-order valence-electron chi connectivity index (χ4n) is 1.36. The van der Waals surface area contributed by atoms with Crippen molar-refractivity contribution in [2.75, 3.05) is 5.32 Å². The number of hydrogen-bond acceptors (Lipinski definition) is 2. The topological polar surface area (TPSA) is 24.9 Å². The fourth-order valence-corrected chi connectivity index (χ4v) is 1.79. The van der Waals surface area contributed by atoms with E-state index in [0.717, 1.165) is 10.3 Å². The first-order chi connectivity index (χ1) is 8.15. The zero-order valence-corrected chi connectivity index (χ0v) is 11.1. The monoisotopic (exact) mass is 314 g/mol. The third-order valence-corrected chi connectivity index (χ3v) is 2.92. The van der Waals surface area contributed by atoms with Crippen molar-refractivity contribution in [3.05, 3.63) is 57.5 Å². The van der Waals surface area contributed by atoms with Crippen LogP contribution in [0.4, 0.5) is 10.1 Å². The Hall–Kier alpha value is -1.13. The molecule has 0 aliphatic heterocycles. The van der Waals surface area contributed by atoms with Crippen molar-refractivity contribution < 1.29 is 4.39 Å². The normalized spacial score (nSPS) is 10.3. The van der Waals surface area contributed by atoms with Gasteiger partial charge < -0.3 is 5.32 Å². The molecule has 88 valence electrons. The highest BCUT2D eigenvalue weighted by atomic mass is 79.9. The summed E-state index contributed by atoms with van der Waals surface area (Å²) in [6.45, 7) is 0.371. The van der Waals surface area contributed by atoms with Gasteiger partial charge in [0.05, 0.1) is 11.9 Å². The van der Waals surface area contributed by atoms with E-state index >= 15 is 0 Å². The lowest BCUT2D eigenvalue weighted by Crippen LogP contribution is -2.02. The van der Waals surface area contributed by atoms with Crippen LogP contribution in [0.3, 0.4) is 0 Å². The van der Waals surface area contributed by atoms with Gasteiger partial charge in [0.25, 0.3) is 0 Å². The molecule has 0 saturated heterocycles. The molecule has 2 aromatic rings. The van der Waals surface area contributed by atoms with E-state index in [4.69, 9.17) is 11.6 Å². The van der Waals surface area contributed by atoms with Gasteiger partial charge in [-0.1, -0.05) is 11.6 Å². The summed E-state index contributed by atoms with van der Waals surface area (Å²) in [6.07, 6.45) is 1.67. The van der Waals surface area contributed by atoms with Crippen molar-refractivity contribution in [2.24, 2.45) is 0 Å². The molecule has 0 aliphatic rings. The third kappa shape index (κ3) is 3.41. The molecule has 2 rings (SSSR count). The molecule has 0 unspecified atom stereocenters. The average Bonchev–Trinajstić information content (AvgIpc) is 2.32. The lowest BCUT2D eigenvalue weighted by molar-refractivity contribution is 0.613. The lowest BCUT2D eigenvalue weighted by atomic mass is 10.2. The van der Waals surface area contributed by atoms with E-state index in [9.17, 15) is 4.39 Å². The Bertz CT molecular complexity index is 516. The Kier molecular flexibility index (Phi) is 3.97. The molecule has 2 nitrogen and oxygen atoms in total. The standard InChI is InChI=1S/C12H9BrClFN2/c13-12-4-2-10(7-17-12)16-6-8-5-9(14)1-3-11(8)15/h1-5,7,16H,6H2. The van der Waals surface area contributed by atoms with Crippen LogP contribution in [-0.4, -0.2) is 4.98 Å². The summed E-state index contributed by atoms with van der Waals surface area (Å²) < 4.78 is 14.2. The minimum atomic E-state index is -0.271. The predicted molar refractivity (Wildman–Crippen MR) is 70.7 cm³/mol. The van der Waals surface area contributed by atoms with Gasteiger partial charge in [0.2, 0.25) is 0 Å². The number of nitrogens with zero attached hydrogens (tertiary/aromatic N) is 1. The van der Waals surface area contributed by atoms with E-state index in [-0.39, 0.29) is 5.82 Å². The van der Waals surface area contributed by atoms with E-state index in [1.165, 1.54) is 12.1 Å². The van der Waals surface area contributed by atoms with Crippen molar-refractivity contribution in [3.8, 4) is 0 Å². The van der Waals surface area contributed by atoms with Crippen LogP contribution in [0.25, 0.3) is 0 Å². The van der Waals surface area contributed by atoms with Gasteiger partial charge >= 0.3 is 0 Å². The molecular weight excluding hydrogens is 307 g/mol. The molecule has 0 saturated carbocycles. The van der Waals surface area contributed by atoms with Crippen LogP contribution in [-0.2, 0) is 6.54 Å². The quantitative estimate of drug-likeness (QED) is 0.857. The van der Waals surface area contributed by atoms with Crippen LogP contribution in [0, 0.1) is 5.82 Å². The number of aromatic nitrogens is 1. The van der Waals surface area contributed by atoms with Crippen molar-refractivity contribution in [1.82, 2.24) is 4.98 Å². The maximum atomic E-state index is 13.4. The fraction of sp³-hybridized carbons (Fsp3) is 0.0833. The Labute approximate surface area is 112 Å². The molecule has 1 aromatic heterocycles. The predicted octanol–water partition coefficient (Wildman–Crippen LogP) is 4.25. The Balaban J connectivity index is 2.07. The number of halogens is 3. The van der Waals surface area contributed by atoms with Gasteiger partial charge in [-0.2, -0.15) is 0 Å². The van der Waals surface area contributed by atoms with E-state index in [1.54, 1.807) is 12.3 Å². The largest absolute Gasteiger partial charge is 0.380 e. The second-order valence-corrected chi connectivity index (χ2v) is 4.71. The van der Waals surface area contributed by atoms with Gasteiger partial charge in [0.1, 0.15) is 10.4 Å². The zero-order valence-electron chi connectivity index (χ0n) is 8.75. The lowest BCUT2D eigenvalue weighted by Gasteiger charge is -2.07. The summed E-state index contributed by atoms with van der Waals surface area (Å²) in [5.41, 5.74) is 1.35. The van der Waals surface area contributed by atoms with Crippen LogP contribution in [0.15, 0.2) is 41.1 Å². The summed E-state index contributed by atoms with van der Waals surface area (Å²) in [4.78, 5) is 4.07. The number of benzene rings is 1. The molecule has 0 fully saturated rings. The molecule has 0 spiro atoms. The summed E-state index contributed by atoms with van der Waals surface area (Å²) >= 11 is 9.05. The van der Waals surface area contributed by atoms with E-state index in [2.05, 4.69) is 26.2 Å². The summed E-state index contributed by atoms with van der Waals surface area (Å²) in [5.74, 6) is -0.271. The summed E-state index contributed by atoms with van der Waals surface area (Å²) in [7, 11) is 0. The van der Waals surface area contributed by atoms with Crippen LogP contribution in [0.5, 0.6) is 0 Å². The van der Waals surface area contributed by atoms with Gasteiger partial charge in [-0.05, 0) is 46.3 Å². The number of rotatable bonds is 3. The van der Waals surface area contributed by atoms with Crippen LogP contribution >= 0.6 is 27.5 Å². The first-order valence-corrected chi connectivity index (χ1v) is 6.11. The van der Waals surface area contributed by atoms with Gasteiger partial charge in [-0.15, -0.1) is 0 Å². The van der Waals surface area contributed by atoms with Crippen molar-refractivity contribution in [3.63, 3.8) is 0 Å². The zero-order chi connectivity index (χ0) is 12.3. The van der Waals surface area contributed by atoms with E-state index in [1.807, 2.05) is 12.1 Å². The maximum absolute atomic E-state index is 13.4. The molecule has 1 N–H and O–H groups in total. The highest BCUT2D eigenvalue weighted by Gasteiger charge is 2.02. The van der Waals surface area contributed by atoms with Crippen molar-refractivity contribution in [1.29, 1.82) is 0 Å². The number of anilines is 1. The molecule has 17 heavy (non-hydrogen) atoms. The smallest absolute Gasteiger partial charge is 0.128 e. The van der Waals surface area contributed by atoms with Crippen LogP contribution < -0.4 is 5.32 Å². The highest BCUT2D eigenvalue weighted by Crippen LogP contribution is 2.17. The Morgan fingerprint density at radius 2 is 2.12 bits per heavy atom. The second-order valence-electron chi connectivity index (χ2n) is 3.46. The van der Waals surface area contributed by atoms with Crippen LogP contribution in [0.1, 0.15) is 5.56 Å².